The Balaban J connectivity index is 3.25. The van der Waals surface area contributed by atoms with Crippen molar-refractivity contribution in [3.63, 3.8) is 0 Å². The summed E-state index contributed by atoms with van der Waals surface area (Å²) < 4.78 is 15.2. The molecule has 0 fully saturated rings. The highest BCUT2D eigenvalue weighted by Gasteiger charge is 2.20. The predicted octanol–water partition coefficient (Wildman–Crippen LogP) is 2.39. The molecule has 0 aliphatic heterocycles. The number of halogens is 1. The lowest BCUT2D eigenvalue weighted by atomic mass is 10.1. The van der Waals surface area contributed by atoms with E-state index in [1.54, 1.807) is 0 Å². The van der Waals surface area contributed by atoms with Crippen molar-refractivity contribution in [2.45, 2.75) is 13.0 Å². The van der Waals surface area contributed by atoms with Crippen LogP contribution in [0, 0.1) is 0 Å². The number of carboxylic acid groups (broad SMARTS) is 1. The van der Waals surface area contributed by atoms with Gasteiger partial charge in [-0.05, 0) is 19.1 Å². The standard InChI is InChI=1S/C14H15ClO6/c1-8(14(18)20-3)21-13-9(4-5-12(16)17)6-10(15)7-11(13)19-2/h4-8H,1-3H3,(H,16,17)/b5-4+. The minimum absolute atomic E-state index is 0.206. The third-order valence-corrected chi connectivity index (χ3v) is 2.72. The van der Waals surface area contributed by atoms with E-state index in [0.717, 1.165) is 6.08 Å². The number of esters is 1. The van der Waals surface area contributed by atoms with Crippen molar-refractivity contribution in [3.8, 4) is 11.5 Å². The van der Waals surface area contributed by atoms with Crippen molar-refractivity contribution in [3.05, 3.63) is 28.8 Å². The molecule has 6 nitrogen and oxygen atoms in total. The first-order valence-corrected chi connectivity index (χ1v) is 6.29. The van der Waals surface area contributed by atoms with Crippen molar-refractivity contribution in [1.82, 2.24) is 0 Å². The zero-order chi connectivity index (χ0) is 16.0. The summed E-state index contributed by atoms with van der Waals surface area (Å²) in [5, 5.41) is 9.05. The maximum absolute atomic E-state index is 11.4. The number of hydrogen-bond donors (Lipinski definition) is 1. The Labute approximate surface area is 126 Å². The number of carbonyl (C=O) groups is 2. The molecule has 1 atom stereocenters. The summed E-state index contributed by atoms with van der Waals surface area (Å²) in [5.41, 5.74) is 0.373. The van der Waals surface area contributed by atoms with Crippen molar-refractivity contribution in [1.29, 1.82) is 0 Å². The van der Waals surface area contributed by atoms with Crippen LogP contribution in [0.2, 0.25) is 5.02 Å². The van der Waals surface area contributed by atoms with E-state index < -0.39 is 18.0 Å². The molecule has 1 rings (SSSR count). The topological polar surface area (TPSA) is 82.1 Å². The van der Waals surface area contributed by atoms with Gasteiger partial charge < -0.3 is 19.3 Å². The lowest BCUT2D eigenvalue weighted by molar-refractivity contribution is -0.148. The van der Waals surface area contributed by atoms with Gasteiger partial charge in [0.05, 0.1) is 14.2 Å². The van der Waals surface area contributed by atoms with Crippen LogP contribution in [-0.2, 0) is 14.3 Å². The van der Waals surface area contributed by atoms with Gasteiger partial charge in [0, 0.05) is 22.7 Å². The molecule has 0 saturated carbocycles. The Morgan fingerprint density at radius 1 is 1.33 bits per heavy atom. The van der Waals surface area contributed by atoms with Crippen LogP contribution in [0.15, 0.2) is 18.2 Å². The second-order valence-corrected chi connectivity index (χ2v) is 4.42. The van der Waals surface area contributed by atoms with Gasteiger partial charge in [-0.1, -0.05) is 11.6 Å². The second kappa shape index (κ2) is 7.54. The normalized spacial score (nSPS) is 12.0. The molecule has 7 heteroatoms. The molecular weight excluding hydrogens is 300 g/mol. The number of rotatable bonds is 6. The fraction of sp³-hybridized carbons (Fsp3) is 0.286. The van der Waals surface area contributed by atoms with Crippen molar-refractivity contribution in [2.75, 3.05) is 14.2 Å². The zero-order valence-corrected chi connectivity index (χ0v) is 12.5. The molecule has 114 valence electrons. The van der Waals surface area contributed by atoms with E-state index in [1.165, 1.54) is 39.4 Å². The van der Waals surface area contributed by atoms with E-state index in [0.29, 0.717) is 10.6 Å². The fourth-order valence-corrected chi connectivity index (χ4v) is 1.76. The van der Waals surface area contributed by atoms with E-state index in [1.807, 2.05) is 0 Å². The molecule has 1 N–H and O–H groups in total. The van der Waals surface area contributed by atoms with Gasteiger partial charge in [-0.15, -0.1) is 0 Å². The largest absolute Gasteiger partial charge is 0.493 e. The first kappa shape index (κ1) is 16.8. The highest BCUT2D eigenvalue weighted by atomic mass is 35.5. The quantitative estimate of drug-likeness (QED) is 0.641. The van der Waals surface area contributed by atoms with Gasteiger partial charge >= 0.3 is 11.9 Å². The number of benzene rings is 1. The number of aliphatic carboxylic acids is 1. The summed E-state index contributed by atoms with van der Waals surface area (Å²) in [6, 6.07) is 3.00. The van der Waals surface area contributed by atoms with Crippen LogP contribution in [0.1, 0.15) is 12.5 Å². The van der Waals surface area contributed by atoms with Crippen LogP contribution >= 0.6 is 11.6 Å². The molecule has 0 spiro atoms. The highest BCUT2D eigenvalue weighted by Crippen LogP contribution is 2.36. The average Bonchev–Trinajstić information content (AvgIpc) is 2.45. The molecule has 21 heavy (non-hydrogen) atoms. The number of hydrogen-bond acceptors (Lipinski definition) is 5. The fourth-order valence-electron chi connectivity index (χ4n) is 1.54. The molecule has 0 amide bonds. The van der Waals surface area contributed by atoms with Gasteiger partial charge in [-0.3, -0.25) is 0 Å². The lowest BCUT2D eigenvalue weighted by Gasteiger charge is -2.17. The van der Waals surface area contributed by atoms with Crippen LogP contribution in [-0.4, -0.2) is 37.4 Å². The SMILES string of the molecule is COC(=O)C(C)Oc1c(/C=C/C(=O)O)cc(Cl)cc1OC. The van der Waals surface area contributed by atoms with Crippen LogP contribution in [0.5, 0.6) is 11.5 Å². The van der Waals surface area contributed by atoms with E-state index in [4.69, 9.17) is 26.2 Å². The Morgan fingerprint density at radius 2 is 2.00 bits per heavy atom. The molecule has 1 aromatic carbocycles. The second-order valence-electron chi connectivity index (χ2n) is 3.98. The Hall–Kier alpha value is -2.21. The molecule has 1 aromatic rings. The van der Waals surface area contributed by atoms with Gasteiger partial charge in [0.15, 0.2) is 17.6 Å². The van der Waals surface area contributed by atoms with Gasteiger partial charge in [-0.2, -0.15) is 0 Å². The molecule has 0 saturated heterocycles. The summed E-state index contributed by atoms with van der Waals surface area (Å²) in [7, 11) is 2.65. The summed E-state index contributed by atoms with van der Waals surface area (Å²) in [5.74, 6) is -1.21. The van der Waals surface area contributed by atoms with E-state index in [2.05, 4.69) is 4.74 Å². The number of ether oxygens (including phenoxy) is 3. The molecule has 0 heterocycles. The van der Waals surface area contributed by atoms with Crippen molar-refractivity contribution >= 4 is 29.6 Å². The number of methoxy groups -OCH3 is 2. The summed E-state index contributed by atoms with van der Waals surface area (Å²) in [4.78, 5) is 22.1. The Bertz CT molecular complexity index is 567. The average molecular weight is 315 g/mol. The monoisotopic (exact) mass is 314 g/mol. The molecule has 0 aromatic heterocycles. The summed E-state index contributed by atoms with van der Waals surface area (Å²) in [6.45, 7) is 1.50. The first-order valence-electron chi connectivity index (χ1n) is 5.92. The van der Waals surface area contributed by atoms with E-state index in [-0.39, 0.29) is 11.5 Å². The molecule has 0 aliphatic rings. The molecule has 0 aliphatic carbocycles. The maximum atomic E-state index is 11.4. The third-order valence-electron chi connectivity index (χ3n) is 2.50. The minimum Gasteiger partial charge on any atom is -0.493 e. The predicted molar refractivity (Wildman–Crippen MR) is 76.8 cm³/mol. The zero-order valence-electron chi connectivity index (χ0n) is 11.8. The van der Waals surface area contributed by atoms with Gasteiger partial charge in [-0.25, -0.2) is 9.59 Å². The van der Waals surface area contributed by atoms with Gasteiger partial charge in [0.2, 0.25) is 0 Å². The number of carbonyl (C=O) groups excluding carboxylic acids is 1. The Kier molecular flexibility index (Phi) is 6.05. The van der Waals surface area contributed by atoms with E-state index >= 15 is 0 Å². The van der Waals surface area contributed by atoms with Crippen molar-refractivity contribution in [2.24, 2.45) is 0 Å². The first-order chi connectivity index (χ1) is 9.88. The van der Waals surface area contributed by atoms with E-state index in [9.17, 15) is 9.59 Å². The molecule has 0 radical (unpaired) electrons. The summed E-state index contributed by atoms with van der Waals surface area (Å²) >= 11 is 5.93. The molecular formula is C14H15ClO6. The smallest absolute Gasteiger partial charge is 0.346 e. The van der Waals surface area contributed by atoms with Gasteiger partial charge in [0.1, 0.15) is 0 Å². The summed E-state index contributed by atoms with van der Waals surface area (Å²) in [6.07, 6.45) is 1.35. The minimum atomic E-state index is -1.12. The third kappa shape index (κ3) is 4.68. The van der Waals surface area contributed by atoms with Crippen LogP contribution in [0.25, 0.3) is 6.08 Å². The Morgan fingerprint density at radius 3 is 2.52 bits per heavy atom. The van der Waals surface area contributed by atoms with Crippen molar-refractivity contribution < 1.29 is 28.9 Å². The highest BCUT2D eigenvalue weighted by molar-refractivity contribution is 6.31. The molecule has 0 bridgehead atoms. The lowest BCUT2D eigenvalue weighted by Crippen LogP contribution is -2.25. The number of carboxylic acids is 1. The maximum Gasteiger partial charge on any atom is 0.346 e. The van der Waals surface area contributed by atoms with Gasteiger partial charge in [0.25, 0.3) is 0 Å². The van der Waals surface area contributed by atoms with Crippen LogP contribution < -0.4 is 9.47 Å². The van der Waals surface area contributed by atoms with Crippen LogP contribution in [0.3, 0.4) is 0 Å². The molecule has 1 unspecified atom stereocenters. The van der Waals surface area contributed by atoms with Crippen LogP contribution in [0.4, 0.5) is 0 Å².